The van der Waals surface area contributed by atoms with E-state index in [0.29, 0.717) is 18.4 Å². The first-order chi connectivity index (χ1) is 17.8. The monoisotopic (exact) mass is 542 g/mol. The third-order valence-corrected chi connectivity index (χ3v) is 5.34. The summed E-state index contributed by atoms with van der Waals surface area (Å²) in [6.45, 7) is 12.2. The van der Waals surface area contributed by atoms with Crippen LogP contribution in [0.2, 0.25) is 0 Å². The molecule has 0 aliphatic rings. The molecule has 0 aromatic carbocycles. The molecular formula is C28H46O10. The molecule has 0 N–H and O–H groups in total. The first-order valence-electron chi connectivity index (χ1n) is 13.3. The van der Waals surface area contributed by atoms with E-state index in [9.17, 15) is 24.0 Å². The Hall–Kier alpha value is -2.91. The SMILES string of the molecule is CCC(=O)O[C@H](C/C=C(\C)C(=O)OC)C[C@H](OC(C)=O)[C@@H](CCCOC(=O)CC(C)C)OC(=O)CC(C)C. The smallest absolute Gasteiger partial charge is 0.333 e. The zero-order valence-electron chi connectivity index (χ0n) is 24.2. The largest absolute Gasteiger partial charge is 0.466 e. The normalized spacial score (nSPS) is 13.9. The zero-order chi connectivity index (χ0) is 29.3. The summed E-state index contributed by atoms with van der Waals surface area (Å²) >= 11 is 0. The second-order valence-corrected chi connectivity index (χ2v) is 10.1. The van der Waals surface area contributed by atoms with Gasteiger partial charge in [0.15, 0.2) is 0 Å². The Kier molecular flexibility index (Phi) is 17.7. The molecule has 0 aromatic heterocycles. The summed E-state index contributed by atoms with van der Waals surface area (Å²) in [4.78, 5) is 60.3. The van der Waals surface area contributed by atoms with Crippen LogP contribution in [0, 0.1) is 11.8 Å². The van der Waals surface area contributed by atoms with Crippen molar-refractivity contribution in [1.29, 1.82) is 0 Å². The van der Waals surface area contributed by atoms with E-state index in [1.165, 1.54) is 14.0 Å². The number of rotatable bonds is 18. The first-order valence-corrected chi connectivity index (χ1v) is 13.3. The predicted molar refractivity (Wildman–Crippen MR) is 140 cm³/mol. The molecule has 0 bridgehead atoms. The fourth-order valence-corrected chi connectivity index (χ4v) is 3.50. The molecule has 0 heterocycles. The molecule has 218 valence electrons. The van der Waals surface area contributed by atoms with Crippen LogP contribution in [0.4, 0.5) is 0 Å². The van der Waals surface area contributed by atoms with Gasteiger partial charge in [0.05, 0.1) is 13.7 Å². The highest BCUT2D eigenvalue weighted by molar-refractivity contribution is 5.87. The lowest BCUT2D eigenvalue weighted by atomic mass is 9.99. The third kappa shape index (κ3) is 16.8. The van der Waals surface area contributed by atoms with Crippen molar-refractivity contribution in [2.24, 2.45) is 11.8 Å². The fourth-order valence-electron chi connectivity index (χ4n) is 3.50. The van der Waals surface area contributed by atoms with Crippen LogP contribution in [-0.4, -0.2) is 61.9 Å². The van der Waals surface area contributed by atoms with Gasteiger partial charge in [0.25, 0.3) is 0 Å². The van der Waals surface area contributed by atoms with Crippen LogP contribution in [0.1, 0.15) is 93.4 Å². The molecule has 0 amide bonds. The van der Waals surface area contributed by atoms with Crippen molar-refractivity contribution in [3.05, 3.63) is 11.6 Å². The maximum atomic E-state index is 12.6. The highest BCUT2D eigenvalue weighted by atomic mass is 16.6. The van der Waals surface area contributed by atoms with Gasteiger partial charge in [-0.15, -0.1) is 0 Å². The molecule has 0 fully saturated rings. The maximum absolute atomic E-state index is 12.6. The molecule has 3 atom stereocenters. The van der Waals surface area contributed by atoms with Crippen molar-refractivity contribution in [2.45, 2.75) is 112 Å². The molecule has 0 saturated heterocycles. The van der Waals surface area contributed by atoms with Crippen LogP contribution >= 0.6 is 0 Å². The average molecular weight is 543 g/mol. The van der Waals surface area contributed by atoms with Crippen LogP contribution in [-0.2, 0) is 47.7 Å². The van der Waals surface area contributed by atoms with E-state index in [4.69, 9.17) is 23.7 Å². The Morgan fingerprint density at radius 2 is 1.39 bits per heavy atom. The van der Waals surface area contributed by atoms with E-state index >= 15 is 0 Å². The lowest BCUT2D eigenvalue weighted by Gasteiger charge is -2.29. The minimum atomic E-state index is -0.934. The van der Waals surface area contributed by atoms with Crippen LogP contribution in [0.3, 0.4) is 0 Å². The molecule has 0 rings (SSSR count). The topological polar surface area (TPSA) is 132 Å². The first kappa shape index (κ1) is 35.1. The summed E-state index contributed by atoms with van der Waals surface area (Å²) in [6.07, 6.45) is 0.423. The minimum absolute atomic E-state index is 0.0308. The lowest BCUT2D eigenvalue weighted by Crippen LogP contribution is -2.39. The molecule has 0 aliphatic heterocycles. The second-order valence-electron chi connectivity index (χ2n) is 10.1. The Bertz CT molecular complexity index is 799. The minimum Gasteiger partial charge on any atom is -0.466 e. The van der Waals surface area contributed by atoms with Gasteiger partial charge >= 0.3 is 29.8 Å². The quantitative estimate of drug-likeness (QED) is 0.106. The second kappa shape index (κ2) is 19.2. The number of carbonyl (C=O) groups excluding carboxylic acids is 5. The molecule has 10 nitrogen and oxygen atoms in total. The number of ether oxygens (including phenoxy) is 5. The Labute approximate surface area is 226 Å². The zero-order valence-corrected chi connectivity index (χ0v) is 24.2. The van der Waals surface area contributed by atoms with E-state index in [2.05, 4.69) is 0 Å². The van der Waals surface area contributed by atoms with Crippen molar-refractivity contribution in [3.8, 4) is 0 Å². The summed E-state index contributed by atoms with van der Waals surface area (Å²) in [5.41, 5.74) is 0.331. The highest BCUT2D eigenvalue weighted by Crippen LogP contribution is 2.22. The Morgan fingerprint density at radius 3 is 1.92 bits per heavy atom. The van der Waals surface area contributed by atoms with Gasteiger partial charge in [0.2, 0.25) is 0 Å². The third-order valence-electron chi connectivity index (χ3n) is 5.34. The van der Waals surface area contributed by atoms with E-state index in [0.717, 1.165) is 0 Å². The molecule has 10 heteroatoms. The molecule has 0 aromatic rings. The summed E-state index contributed by atoms with van der Waals surface area (Å²) < 4.78 is 26.8. The van der Waals surface area contributed by atoms with E-state index in [-0.39, 0.29) is 56.5 Å². The standard InChI is InChI=1S/C28H46O10/c1-9-25(30)37-22(13-12-20(6)28(33)34-8)17-24(36-21(7)29)23(38-27(32)16-19(4)5)11-10-14-35-26(31)15-18(2)3/h12,18-19,22-24H,9-11,13-17H2,1-8H3/b20-12+/t22-,23-,24+/m1/s1. The molecule has 38 heavy (non-hydrogen) atoms. The fraction of sp³-hybridized carbons (Fsp3) is 0.750. The number of methoxy groups -OCH3 is 1. The van der Waals surface area contributed by atoms with Gasteiger partial charge < -0.3 is 23.7 Å². The average Bonchev–Trinajstić information content (AvgIpc) is 2.81. The van der Waals surface area contributed by atoms with Gasteiger partial charge in [-0.1, -0.05) is 40.7 Å². The van der Waals surface area contributed by atoms with Crippen LogP contribution in [0.5, 0.6) is 0 Å². The van der Waals surface area contributed by atoms with Gasteiger partial charge in [-0.3, -0.25) is 19.2 Å². The van der Waals surface area contributed by atoms with Crippen molar-refractivity contribution in [2.75, 3.05) is 13.7 Å². The molecule has 0 aliphatic carbocycles. The van der Waals surface area contributed by atoms with Crippen molar-refractivity contribution in [1.82, 2.24) is 0 Å². The van der Waals surface area contributed by atoms with Gasteiger partial charge in [-0.05, 0) is 31.6 Å². The number of carbonyl (C=O) groups is 5. The molecule has 0 spiro atoms. The molecule has 0 unspecified atom stereocenters. The lowest BCUT2D eigenvalue weighted by molar-refractivity contribution is -0.173. The van der Waals surface area contributed by atoms with Crippen LogP contribution in [0.25, 0.3) is 0 Å². The number of hydrogen-bond acceptors (Lipinski definition) is 10. The van der Waals surface area contributed by atoms with Gasteiger partial charge in [0.1, 0.15) is 18.3 Å². The van der Waals surface area contributed by atoms with Gasteiger partial charge in [-0.25, -0.2) is 4.79 Å². The summed E-state index contributed by atoms with van der Waals surface area (Å²) in [6, 6.07) is 0. The number of hydrogen-bond donors (Lipinski definition) is 0. The van der Waals surface area contributed by atoms with E-state index in [1.807, 2.05) is 27.7 Å². The highest BCUT2D eigenvalue weighted by Gasteiger charge is 2.32. The van der Waals surface area contributed by atoms with Gasteiger partial charge in [-0.2, -0.15) is 0 Å². The van der Waals surface area contributed by atoms with Crippen LogP contribution in [0.15, 0.2) is 11.6 Å². The van der Waals surface area contributed by atoms with E-state index in [1.54, 1.807) is 19.9 Å². The Balaban J connectivity index is 5.80. The maximum Gasteiger partial charge on any atom is 0.333 e. The molecule has 0 radical (unpaired) electrons. The Morgan fingerprint density at radius 1 is 0.789 bits per heavy atom. The summed E-state index contributed by atoms with van der Waals surface area (Å²) in [5, 5.41) is 0. The molecule has 0 saturated carbocycles. The van der Waals surface area contributed by atoms with Crippen molar-refractivity contribution in [3.63, 3.8) is 0 Å². The van der Waals surface area contributed by atoms with Crippen LogP contribution < -0.4 is 0 Å². The van der Waals surface area contributed by atoms with Crippen molar-refractivity contribution >= 4 is 29.8 Å². The number of esters is 5. The predicted octanol–water partition coefficient (Wildman–Crippen LogP) is 4.47. The summed E-state index contributed by atoms with van der Waals surface area (Å²) in [5.74, 6) is -2.13. The summed E-state index contributed by atoms with van der Waals surface area (Å²) in [7, 11) is 1.27. The van der Waals surface area contributed by atoms with Crippen molar-refractivity contribution < 1.29 is 47.7 Å². The van der Waals surface area contributed by atoms with Gasteiger partial charge in [0, 0.05) is 44.6 Å². The van der Waals surface area contributed by atoms with E-state index < -0.39 is 42.2 Å². The molecular weight excluding hydrogens is 496 g/mol.